The molecule has 25 heavy (non-hydrogen) atoms. The molecule has 0 spiro atoms. The van der Waals surface area contributed by atoms with Gasteiger partial charge in [0.05, 0.1) is 18.2 Å². The SMILES string of the molecule is COc1ccccc1[C@@H]1N=C(c2ccccc2)S[C@@H]2[C@H]1CCC[C@H]2I. The van der Waals surface area contributed by atoms with Crippen molar-refractivity contribution in [3.05, 3.63) is 65.7 Å². The fourth-order valence-corrected chi connectivity index (χ4v) is 6.82. The average Bonchev–Trinajstić information content (AvgIpc) is 2.68. The van der Waals surface area contributed by atoms with Crippen LogP contribution in [0.2, 0.25) is 0 Å². The number of thioether (sulfide) groups is 1. The summed E-state index contributed by atoms with van der Waals surface area (Å²) in [5.41, 5.74) is 2.47. The van der Waals surface area contributed by atoms with Crippen LogP contribution in [0.5, 0.6) is 5.75 Å². The summed E-state index contributed by atoms with van der Waals surface area (Å²) in [5, 5.41) is 1.80. The number of benzene rings is 2. The summed E-state index contributed by atoms with van der Waals surface area (Å²) in [5.74, 6) is 1.55. The first-order valence-electron chi connectivity index (χ1n) is 8.85. The van der Waals surface area contributed by atoms with Crippen molar-refractivity contribution in [3.63, 3.8) is 0 Å². The van der Waals surface area contributed by atoms with E-state index in [4.69, 9.17) is 9.73 Å². The molecule has 0 amide bonds. The van der Waals surface area contributed by atoms with E-state index in [0.717, 1.165) is 5.75 Å². The van der Waals surface area contributed by atoms with Crippen LogP contribution >= 0.6 is 34.4 Å². The molecule has 1 saturated carbocycles. The van der Waals surface area contributed by atoms with Gasteiger partial charge in [0.2, 0.25) is 0 Å². The zero-order valence-electron chi connectivity index (χ0n) is 14.3. The van der Waals surface area contributed by atoms with Gasteiger partial charge in [-0.15, -0.1) is 11.8 Å². The molecule has 1 aliphatic carbocycles. The summed E-state index contributed by atoms with van der Waals surface area (Å²) in [4.78, 5) is 5.25. The molecule has 1 aliphatic heterocycles. The number of halogens is 1. The van der Waals surface area contributed by atoms with Crippen LogP contribution in [-0.4, -0.2) is 21.3 Å². The minimum atomic E-state index is 0.190. The number of hydrogen-bond donors (Lipinski definition) is 0. The first-order chi connectivity index (χ1) is 12.3. The maximum Gasteiger partial charge on any atom is 0.124 e. The molecule has 4 rings (SSSR count). The lowest BCUT2D eigenvalue weighted by molar-refractivity contribution is 0.320. The Morgan fingerprint density at radius 2 is 1.80 bits per heavy atom. The highest BCUT2D eigenvalue weighted by molar-refractivity contribution is 14.1. The Kier molecular flexibility index (Phi) is 5.36. The highest BCUT2D eigenvalue weighted by Gasteiger charge is 2.42. The zero-order valence-corrected chi connectivity index (χ0v) is 17.2. The van der Waals surface area contributed by atoms with Gasteiger partial charge in [0.25, 0.3) is 0 Å². The summed E-state index contributed by atoms with van der Waals surface area (Å²) >= 11 is 4.65. The van der Waals surface area contributed by atoms with Gasteiger partial charge in [0.1, 0.15) is 5.75 Å². The number of para-hydroxylation sites is 1. The molecule has 2 aromatic rings. The fraction of sp³-hybridized carbons (Fsp3) is 0.381. The van der Waals surface area contributed by atoms with Gasteiger partial charge in [-0.2, -0.15) is 0 Å². The Morgan fingerprint density at radius 1 is 1.04 bits per heavy atom. The highest BCUT2D eigenvalue weighted by atomic mass is 127. The molecule has 0 bridgehead atoms. The lowest BCUT2D eigenvalue weighted by Crippen LogP contribution is -2.38. The molecule has 1 fully saturated rings. The second kappa shape index (κ2) is 7.70. The van der Waals surface area contributed by atoms with E-state index in [1.807, 2.05) is 17.8 Å². The van der Waals surface area contributed by atoms with Crippen LogP contribution in [0.3, 0.4) is 0 Å². The third-order valence-electron chi connectivity index (χ3n) is 5.18. The van der Waals surface area contributed by atoms with Gasteiger partial charge < -0.3 is 4.74 Å². The highest BCUT2D eigenvalue weighted by Crippen LogP contribution is 2.50. The van der Waals surface area contributed by atoms with E-state index in [0.29, 0.717) is 15.1 Å². The van der Waals surface area contributed by atoms with Crippen LogP contribution in [0.15, 0.2) is 59.6 Å². The van der Waals surface area contributed by atoms with Crippen molar-refractivity contribution >= 4 is 39.4 Å². The topological polar surface area (TPSA) is 21.6 Å². The van der Waals surface area contributed by atoms with E-state index in [1.54, 1.807) is 7.11 Å². The van der Waals surface area contributed by atoms with Gasteiger partial charge in [-0.1, -0.05) is 77.5 Å². The van der Waals surface area contributed by atoms with Crippen LogP contribution in [0.1, 0.15) is 36.4 Å². The van der Waals surface area contributed by atoms with Crippen LogP contribution in [0, 0.1) is 5.92 Å². The van der Waals surface area contributed by atoms with E-state index in [9.17, 15) is 0 Å². The summed E-state index contributed by atoms with van der Waals surface area (Å²) in [6, 6.07) is 19.2. The maximum absolute atomic E-state index is 5.67. The molecule has 1 heterocycles. The first-order valence-corrected chi connectivity index (χ1v) is 11.0. The molecule has 0 aromatic heterocycles. The molecule has 0 N–H and O–H groups in total. The van der Waals surface area contributed by atoms with Crippen LogP contribution in [0.25, 0.3) is 0 Å². The third-order valence-corrected chi connectivity index (χ3v) is 8.58. The molecule has 2 aromatic carbocycles. The standard InChI is InChI=1S/C21H22INOS/c1-24-18-13-6-5-10-15(18)19-16-11-7-12-17(22)20(16)25-21(23-19)14-8-3-2-4-9-14/h2-6,8-10,13,16-17,19-20H,7,11-12H2,1H3/t16-,17+,19-,20+/m0/s1. The van der Waals surface area contributed by atoms with Crippen LogP contribution in [0.4, 0.5) is 0 Å². The van der Waals surface area contributed by atoms with E-state index in [2.05, 4.69) is 71.1 Å². The summed E-state index contributed by atoms with van der Waals surface area (Å²) in [6.07, 6.45) is 3.87. The Labute approximate surface area is 167 Å². The third kappa shape index (κ3) is 3.47. The number of nitrogens with zero attached hydrogens (tertiary/aromatic N) is 1. The van der Waals surface area contributed by atoms with E-state index in [1.165, 1.54) is 35.4 Å². The lowest BCUT2D eigenvalue weighted by Gasteiger charge is -2.42. The monoisotopic (exact) mass is 463 g/mol. The molecule has 130 valence electrons. The van der Waals surface area contributed by atoms with Gasteiger partial charge >= 0.3 is 0 Å². The zero-order chi connectivity index (χ0) is 17.2. The molecule has 4 atom stereocenters. The fourth-order valence-electron chi connectivity index (χ4n) is 3.96. The summed E-state index contributed by atoms with van der Waals surface area (Å²) in [7, 11) is 1.76. The molecule has 0 unspecified atom stereocenters. The van der Waals surface area contributed by atoms with Crippen molar-refractivity contribution in [3.8, 4) is 5.75 Å². The van der Waals surface area contributed by atoms with E-state index < -0.39 is 0 Å². The van der Waals surface area contributed by atoms with Crippen molar-refractivity contribution in [1.29, 1.82) is 0 Å². The second-order valence-corrected chi connectivity index (χ2v) is 9.45. The largest absolute Gasteiger partial charge is 0.496 e. The number of aliphatic imine (C=N–C) groups is 1. The van der Waals surface area contributed by atoms with Crippen LogP contribution in [-0.2, 0) is 0 Å². The number of ether oxygens (including phenoxy) is 1. The van der Waals surface area contributed by atoms with Crippen LogP contribution < -0.4 is 4.74 Å². The van der Waals surface area contributed by atoms with Crippen molar-refractivity contribution in [2.45, 2.75) is 34.5 Å². The summed E-state index contributed by atoms with van der Waals surface area (Å²) < 4.78 is 6.37. The smallest absolute Gasteiger partial charge is 0.124 e. The van der Waals surface area contributed by atoms with Gasteiger partial charge in [0, 0.05) is 20.3 Å². The van der Waals surface area contributed by atoms with Crippen molar-refractivity contribution < 1.29 is 4.74 Å². The number of alkyl halides is 1. The van der Waals surface area contributed by atoms with Crippen molar-refractivity contribution in [1.82, 2.24) is 0 Å². The Morgan fingerprint density at radius 3 is 2.60 bits per heavy atom. The molecule has 0 radical (unpaired) electrons. The van der Waals surface area contributed by atoms with Gasteiger partial charge in [0.15, 0.2) is 0 Å². The van der Waals surface area contributed by atoms with Crippen molar-refractivity contribution in [2.24, 2.45) is 10.9 Å². The predicted molar refractivity (Wildman–Crippen MR) is 115 cm³/mol. The summed E-state index contributed by atoms with van der Waals surface area (Å²) in [6.45, 7) is 0. The molecular formula is C21H22INOS. The number of hydrogen-bond acceptors (Lipinski definition) is 3. The predicted octanol–water partition coefficient (Wildman–Crippen LogP) is 5.90. The Balaban J connectivity index is 1.80. The molecular weight excluding hydrogens is 441 g/mol. The Bertz CT molecular complexity index is 764. The van der Waals surface area contributed by atoms with Gasteiger partial charge in [-0.25, -0.2) is 0 Å². The van der Waals surface area contributed by atoms with E-state index in [-0.39, 0.29) is 6.04 Å². The number of methoxy groups -OCH3 is 1. The maximum atomic E-state index is 5.67. The Hall–Kier alpha value is -1.01. The lowest BCUT2D eigenvalue weighted by atomic mass is 9.80. The second-order valence-electron chi connectivity index (χ2n) is 6.68. The first kappa shape index (κ1) is 17.4. The molecule has 4 heteroatoms. The van der Waals surface area contributed by atoms with Gasteiger partial charge in [-0.05, 0) is 24.8 Å². The normalized spacial score (nSPS) is 28.8. The van der Waals surface area contributed by atoms with Gasteiger partial charge in [-0.3, -0.25) is 4.99 Å². The molecule has 0 saturated heterocycles. The molecule has 2 aliphatic rings. The van der Waals surface area contributed by atoms with E-state index >= 15 is 0 Å². The number of rotatable bonds is 3. The average molecular weight is 463 g/mol. The number of fused-ring (bicyclic) bond motifs is 1. The minimum absolute atomic E-state index is 0.190. The van der Waals surface area contributed by atoms with Crippen molar-refractivity contribution in [2.75, 3.05) is 7.11 Å². The quantitative estimate of drug-likeness (QED) is 0.418. The molecule has 2 nitrogen and oxygen atoms in total. The minimum Gasteiger partial charge on any atom is -0.496 e.